The van der Waals surface area contributed by atoms with E-state index in [1.165, 1.54) is 31.2 Å². The average Bonchev–Trinajstić information content (AvgIpc) is 3.06. The molecule has 0 radical (unpaired) electrons. The number of hydrogen-bond donors (Lipinski definition) is 2. The first-order chi connectivity index (χ1) is 9.72. The second-order valence-corrected chi connectivity index (χ2v) is 6.00. The third-order valence-corrected chi connectivity index (χ3v) is 4.21. The minimum atomic E-state index is 0.249. The van der Waals surface area contributed by atoms with Crippen LogP contribution >= 0.6 is 0 Å². The van der Waals surface area contributed by atoms with Crippen LogP contribution in [0, 0.1) is 0 Å². The molecular formula is C17H24N2O. The quantitative estimate of drug-likeness (QED) is 0.873. The van der Waals surface area contributed by atoms with Crippen molar-refractivity contribution in [1.29, 1.82) is 0 Å². The molecule has 0 saturated carbocycles. The minimum Gasteiger partial charge on any atom is -0.459 e. The molecule has 0 aliphatic carbocycles. The van der Waals surface area contributed by atoms with Gasteiger partial charge in [0.1, 0.15) is 11.3 Å². The van der Waals surface area contributed by atoms with E-state index in [4.69, 9.17) is 4.42 Å². The van der Waals surface area contributed by atoms with Gasteiger partial charge < -0.3 is 15.1 Å². The lowest BCUT2D eigenvalue weighted by Crippen LogP contribution is -2.35. The predicted octanol–water partition coefficient (Wildman–Crippen LogP) is 3.61. The Kier molecular flexibility index (Phi) is 4.08. The van der Waals surface area contributed by atoms with Crippen molar-refractivity contribution in [3.05, 3.63) is 36.1 Å². The number of nitrogens with one attached hydrogen (secondary N) is 2. The van der Waals surface area contributed by atoms with Crippen LogP contribution in [0.3, 0.4) is 0 Å². The van der Waals surface area contributed by atoms with Crippen LogP contribution in [0.4, 0.5) is 0 Å². The van der Waals surface area contributed by atoms with Gasteiger partial charge in [0.2, 0.25) is 0 Å². The van der Waals surface area contributed by atoms with Crippen molar-refractivity contribution in [3.63, 3.8) is 0 Å². The van der Waals surface area contributed by atoms with E-state index in [1.807, 2.05) is 18.2 Å². The van der Waals surface area contributed by atoms with Crippen LogP contribution in [0.5, 0.6) is 0 Å². The number of benzene rings is 1. The van der Waals surface area contributed by atoms with Crippen LogP contribution in [0.25, 0.3) is 11.0 Å². The molecule has 0 amide bonds. The molecule has 1 fully saturated rings. The van der Waals surface area contributed by atoms with Crippen molar-refractivity contribution in [2.75, 3.05) is 6.54 Å². The van der Waals surface area contributed by atoms with Crippen molar-refractivity contribution in [2.45, 2.75) is 51.2 Å². The minimum absolute atomic E-state index is 0.249. The van der Waals surface area contributed by atoms with Crippen molar-refractivity contribution < 1.29 is 4.42 Å². The molecule has 0 bridgehead atoms. The fourth-order valence-electron chi connectivity index (χ4n) is 3.18. The van der Waals surface area contributed by atoms with Gasteiger partial charge in [-0.2, -0.15) is 0 Å². The van der Waals surface area contributed by atoms with Crippen molar-refractivity contribution >= 4 is 11.0 Å². The van der Waals surface area contributed by atoms with Crippen LogP contribution in [-0.2, 0) is 0 Å². The van der Waals surface area contributed by atoms with Gasteiger partial charge in [-0.3, -0.25) is 0 Å². The predicted molar refractivity (Wildman–Crippen MR) is 82.9 cm³/mol. The Balaban J connectivity index is 1.61. The molecule has 3 atom stereocenters. The molecule has 1 aliphatic rings. The van der Waals surface area contributed by atoms with E-state index in [0.717, 1.165) is 11.3 Å². The van der Waals surface area contributed by atoms with E-state index in [2.05, 4.69) is 36.6 Å². The summed E-state index contributed by atoms with van der Waals surface area (Å²) >= 11 is 0. The van der Waals surface area contributed by atoms with Crippen LogP contribution in [-0.4, -0.2) is 18.6 Å². The summed E-state index contributed by atoms with van der Waals surface area (Å²) in [5.41, 5.74) is 0.973. The number of furan rings is 1. The zero-order valence-electron chi connectivity index (χ0n) is 12.4. The van der Waals surface area contributed by atoms with Gasteiger partial charge in [0.15, 0.2) is 0 Å². The first kappa shape index (κ1) is 13.7. The van der Waals surface area contributed by atoms with Gasteiger partial charge in [-0.15, -0.1) is 0 Å². The fourth-order valence-corrected chi connectivity index (χ4v) is 3.18. The second kappa shape index (κ2) is 5.98. The molecule has 1 saturated heterocycles. The Morgan fingerprint density at radius 2 is 2.20 bits per heavy atom. The maximum absolute atomic E-state index is 5.92. The smallest absolute Gasteiger partial charge is 0.134 e. The van der Waals surface area contributed by atoms with E-state index in [1.54, 1.807) is 0 Å². The molecule has 3 rings (SSSR count). The van der Waals surface area contributed by atoms with Crippen molar-refractivity contribution in [3.8, 4) is 0 Å². The van der Waals surface area contributed by atoms with E-state index < -0.39 is 0 Å². The monoisotopic (exact) mass is 272 g/mol. The van der Waals surface area contributed by atoms with Crippen LogP contribution in [0.2, 0.25) is 0 Å². The standard InChI is InChI=1S/C17H24N2O/c1-12(10-15-7-5-9-18-15)19-13(2)17-11-14-6-3-4-8-16(14)20-17/h3-4,6,8,11-13,15,18-19H,5,7,9-10H2,1-2H3. The zero-order chi connectivity index (χ0) is 13.9. The number of fused-ring (bicyclic) bond motifs is 1. The van der Waals surface area contributed by atoms with Gasteiger partial charge >= 0.3 is 0 Å². The number of hydrogen-bond acceptors (Lipinski definition) is 3. The molecule has 3 heteroatoms. The second-order valence-electron chi connectivity index (χ2n) is 6.00. The van der Waals surface area contributed by atoms with E-state index in [-0.39, 0.29) is 6.04 Å². The van der Waals surface area contributed by atoms with Gasteiger partial charge in [0, 0.05) is 17.5 Å². The van der Waals surface area contributed by atoms with Crippen LogP contribution < -0.4 is 10.6 Å². The van der Waals surface area contributed by atoms with E-state index >= 15 is 0 Å². The molecule has 20 heavy (non-hydrogen) atoms. The maximum atomic E-state index is 5.92. The summed E-state index contributed by atoms with van der Waals surface area (Å²) < 4.78 is 5.92. The molecule has 2 aromatic rings. The molecule has 3 unspecified atom stereocenters. The van der Waals surface area contributed by atoms with Gasteiger partial charge in [-0.05, 0) is 51.8 Å². The lowest BCUT2D eigenvalue weighted by atomic mass is 10.1. The van der Waals surface area contributed by atoms with Crippen LogP contribution in [0.1, 0.15) is 44.9 Å². The molecule has 1 aliphatic heterocycles. The summed E-state index contributed by atoms with van der Waals surface area (Å²) in [5.74, 6) is 1.03. The highest BCUT2D eigenvalue weighted by atomic mass is 16.3. The van der Waals surface area contributed by atoms with Gasteiger partial charge in [0.25, 0.3) is 0 Å². The Hall–Kier alpha value is -1.32. The van der Waals surface area contributed by atoms with E-state index in [9.17, 15) is 0 Å². The SMILES string of the molecule is CC(CC1CCCN1)NC(C)c1cc2ccccc2o1. The Morgan fingerprint density at radius 3 is 2.95 bits per heavy atom. The summed E-state index contributed by atoms with van der Waals surface area (Å²) in [5, 5.41) is 8.39. The summed E-state index contributed by atoms with van der Waals surface area (Å²) in [4.78, 5) is 0. The Bertz CT molecular complexity index is 524. The van der Waals surface area contributed by atoms with Crippen molar-refractivity contribution in [2.24, 2.45) is 0 Å². The number of para-hydroxylation sites is 1. The van der Waals surface area contributed by atoms with Gasteiger partial charge in [-0.25, -0.2) is 0 Å². The summed E-state index contributed by atoms with van der Waals surface area (Å²) in [6.45, 7) is 5.62. The maximum Gasteiger partial charge on any atom is 0.134 e. The molecule has 2 heterocycles. The zero-order valence-corrected chi connectivity index (χ0v) is 12.4. The fraction of sp³-hybridized carbons (Fsp3) is 0.529. The first-order valence-electron chi connectivity index (χ1n) is 7.70. The summed E-state index contributed by atoms with van der Waals surface area (Å²) in [7, 11) is 0. The molecule has 0 spiro atoms. The molecular weight excluding hydrogens is 248 g/mol. The lowest BCUT2D eigenvalue weighted by Gasteiger charge is -2.21. The third kappa shape index (κ3) is 3.05. The summed E-state index contributed by atoms with van der Waals surface area (Å²) in [6, 6.07) is 11.8. The highest BCUT2D eigenvalue weighted by Crippen LogP contribution is 2.24. The molecule has 1 aromatic carbocycles. The molecule has 3 nitrogen and oxygen atoms in total. The topological polar surface area (TPSA) is 37.2 Å². The third-order valence-electron chi connectivity index (χ3n) is 4.21. The lowest BCUT2D eigenvalue weighted by molar-refractivity contribution is 0.374. The Morgan fingerprint density at radius 1 is 1.35 bits per heavy atom. The normalized spacial score (nSPS) is 22.2. The summed E-state index contributed by atoms with van der Waals surface area (Å²) in [6.07, 6.45) is 3.81. The van der Waals surface area contributed by atoms with Crippen LogP contribution in [0.15, 0.2) is 34.7 Å². The highest BCUT2D eigenvalue weighted by molar-refractivity contribution is 5.77. The van der Waals surface area contributed by atoms with E-state index in [0.29, 0.717) is 12.1 Å². The average molecular weight is 272 g/mol. The Labute approximate surface area is 120 Å². The van der Waals surface area contributed by atoms with Crippen molar-refractivity contribution in [1.82, 2.24) is 10.6 Å². The van der Waals surface area contributed by atoms with Gasteiger partial charge in [0.05, 0.1) is 6.04 Å². The highest BCUT2D eigenvalue weighted by Gasteiger charge is 2.19. The van der Waals surface area contributed by atoms with Gasteiger partial charge in [-0.1, -0.05) is 18.2 Å². The molecule has 1 aromatic heterocycles. The first-order valence-corrected chi connectivity index (χ1v) is 7.70. The molecule has 108 valence electrons. The largest absolute Gasteiger partial charge is 0.459 e. The molecule has 2 N–H and O–H groups in total. The number of rotatable bonds is 5.